The van der Waals surface area contributed by atoms with Crippen LogP contribution < -0.4 is 5.43 Å². The first-order valence-corrected chi connectivity index (χ1v) is 4.44. The van der Waals surface area contributed by atoms with Gasteiger partial charge in [-0.25, -0.2) is 9.40 Å². The number of carbonyl (C=O) groups is 1. The molecular formula is C9H9F2N3O3. The minimum atomic E-state index is -1.26. The van der Waals surface area contributed by atoms with Crippen molar-refractivity contribution in [2.45, 2.75) is 0 Å². The maximum atomic E-state index is 13.3. The van der Waals surface area contributed by atoms with Crippen LogP contribution in [-0.2, 0) is 0 Å². The van der Waals surface area contributed by atoms with E-state index in [2.05, 4.69) is 5.43 Å². The summed E-state index contributed by atoms with van der Waals surface area (Å²) >= 11 is 0. The Kier molecular flexibility index (Phi) is 3.69. The normalized spacial score (nSPS) is 10.4. The molecule has 0 heterocycles. The molecule has 0 saturated heterocycles. The number of nitrogens with one attached hydrogen (secondary N) is 1. The monoisotopic (exact) mass is 245 g/mol. The number of hydrogen-bond donors (Lipinski definition) is 1. The Labute approximate surface area is 95.0 Å². The van der Waals surface area contributed by atoms with E-state index in [1.807, 2.05) is 0 Å². The molecule has 0 aliphatic heterocycles. The van der Waals surface area contributed by atoms with Crippen LogP contribution in [0.5, 0.6) is 0 Å². The van der Waals surface area contributed by atoms with Crippen molar-refractivity contribution in [1.29, 1.82) is 0 Å². The molecule has 8 heteroatoms. The van der Waals surface area contributed by atoms with E-state index in [0.29, 0.717) is 12.1 Å². The average Bonchev–Trinajstić information content (AvgIpc) is 2.19. The number of benzene rings is 1. The Morgan fingerprint density at radius 3 is 2.41 bits per heavy atom. The minimum Gasteiger partial charge on any atom is -0.285 e. The summed E-state index contributed by atoms with van der Waals surface area (Å²) in [5.41, 5.74) is 0.588. The molecule has 0 aromatic heterocycles. The Bertz CT molecular complexity index is 477. The molecule has 0 bridgehead atoms. The van der Waals surface area contributed by atoms with Gasteiger partial charge in [0.1, 0.15) is 5.82 Å². The van der Waals surface area contributed by atoms with Crippen molar-refractivity contribution in [2.75, 3.05) is 14.1 Å². The van der Waals surface area contributed by atoms with Gasteiger partial charge in [-0.2, -0.15) is 4.39 Å². The zero-order valence-corrected chi connectivity index (χ0v) is 9.03. The molecule has 0 saturated carbocycles. The summed E-state index contributed by atoms with van der Waals surface area (Å²) in [5, 5.41) is 11.6. The summed E-state index contributed by atoms with van der Waals surface area (Å²) in [6.45, 7) is 0. The van der Waals surface area contributed by atoms with Gasteiger partial charge in [0.15, 0.2) is 0 Å². The largest absolute Gasteiger partial charge is 0.307 e. The van der Waals surface area contributed by atoms with Gasteiger partial charge in [0.2, 0.25) is 5.82 Å². The molecule has 0 radical (unpaired) electrons. The predicted octanol–water partition coefficient (Wildman–Crippen LogP) is 1.08. The van der Waals surface area contributed by atoms with E-state index in [-0.39, 0.29) is 0 Å². The Hall–Kier alpha value is -2.09. The summed E-state index contributed by atoms with van der Waals surface area (Å²) in [7, 11) is 2.97. The second-order valence-corrected chi connectivity index (χ2v) is 3.38. The fraction of sp³-hybridized carbons (Fsp3) is 0.222. The molecule has 0 atom stereocenters. The number of carbonyl (C=O) groups excluding carboxylic acids is 1. The van der Waals surface area contributed by atoms with Crippen molar-refractivity contribution in [3.05, 3.63) is 39.4 Å². The van der Waals surface area contributed by atoms with Crippen LogP contribution in [0.2, 0.25) is 0 Å². The van der Waals surface area contributed by atoms with Crippen molar-refractivity contribution < 1.29 is 18.5 Å². The van der Waals surface area contributed by atoms with Crippen molar-refractivity contribution in [2.24, 2.45) is 0 Å². The number of hydrazine groups is 1. The van der Waals surface area contributed by atoms with Crippen LogP contribution in [0.15, 0.2) is 12.1 Å². The van der Waals surface area contributed by atoms with Crippen LogP contribution in [0.25, 0.3) is 0 Å². The molecule has 1 amide bonds. The third-order valence-electron chi connectivity index (χ3n) is 1.80. The van der Waals surface area contributed by atoms with E-state index in [4.69, 9.17) is 0 Å². The summed E-state index contributed by atoms with van der Waals surface area (Å²) in [4.78, 5) is 20.6. The summed E-state index contributed by atoms with van der Waals surface area (Å²) in [6.07, 6.45) is 0. The van der Waals surface area contributed by atoms with E-state index in [0.717, 1.165) is 0 Å². The first kappa shape index (κ1) is 13.0. The first-order chi connectivity index (χ1) is 7.82. The molecule has 0 fully saturated rings. The molecule has 1 N–H and O–H groups in total. The lowest BCUT2D eigenvalue weighted by Gasteiger charge is -2.12. The molecule has 0 aliphatic carbocycles. The van der Waals surface area contributed by atoms with E-state index >= 15 is 0 Å². The zero-order chi connectivity index (χ0) is 13.2. The topological polar surface area (TPSA) is 75.5 Å². The maximum absolute atomic E-state index is 13.3. The third kappa shape index (κ3) is 2.94. The van der Waals surface area contributed by atoms with Gasteiger partial charge < -0.3 is 0 Å². The van der Waals surface area contributed by atoms with Crippen LogP contribution in [0.3, 0.4) is 0 Å². The van der Waals surface area contributed by atoms with Crippen LogP contribution in [-0.4, -0.2) is 29.9 Å². The van der Waals surface area contributed by atoms with Gasteiger partial charge in [0.05, 0.1) is 16.6 Å². The second kappa shape index (κ2) is 4.83. The Morgan fingerprint density at radius 2 is 1.94 bits per heavy atom. The molecule has 1 aromatic rings. The third-order valence-corrected chi connectivity index (χ3v) is 1.80. The lowest BCUT2D eigenvalue weighted by atomic mass is 10.1. The number of nitro groups is 1. The van der Waals surface area contributed by atoms with Gasteiger partial charge in [-0.1, -0.05) is 0 Å². The molecular weight excluding hydrogens is 236 g/mol. The molecule has 0 aliphatic rings. The van der Waals surface area contributed by atoms with Gasteiger partial charge in [-0.05, 0) is 6.07 Å². The second-order valence-electron chi connectivity index (χ2n) is 3.38. The fourth-order valence-electron chi connectivity index (χ4n) is 1.11. The van der Waals surface area contributed by atoms with Gasteiger partial charge in [-0.15, -0.1) is 0 Å². The van der Waals surface area contributed by atoms with E-state index in [1.54, 1.807) is 0 Å². The average molecular weight is 245 g/mol. The van der Waals surface area contributed by atoms with Crippen LogP contribution >= 0.6 is 0 Å². The molecule has 0 unspecified atom stereocenters. The Balaban J connectivity index is 3.16. The summed E-state index contributed by atoms with van der Waals surface area (Å²) in [5.74, 6) is -3.31. The molecule has 0 spiro atoms. The highest BCUT2D eigenvalue weighted by molar-refractivity contribution is 5.94. The SMILES string of the molecule is CN(C)NC(=O)c1cc(F)c([N+](=O)[O-])cc1F. The van der Waals surface area contributed by atoms with Crippen LogP contribution in [0.1, 0.15) is 10.4 Å². The number of hydrogen-bond acceptors (Lipinski definition) is 4. The Morgan fingerprint density at radius 1 is 1.35 bits per heavy atom. The number of amides is 1. The maximum Gasteiger partial charge on any atom is 0.307 e. The lowest BCUT2D eigenvalue weighted by molar-refractivity contribution is -0.387. The molecule has 1 rings (SSSR count). The van der Waals surface area contributed by atoms with E-state index in [9.17, 15) is 23.7 Å². The minimum absolute atomic E-state index is 0.375. The number of nitro benzene ring substituents is 1. The predicted molar refractivity (Wildman–Crippen MR) is 54.2 cm³/mol. The van der Waals surface area contributed by atoms with Crippen molar-refractivity contribution in [3.63, 3.8) is 0 Å². The standard InChI is InChI=1S/C9H9F2N3O3/c1-13(2)12-9(15)5-3-7(11)8(14(16)17)4-6(5)10/h3-4H,1-2H3,(H,12,15). The van der Waals surface area contributed by atoms with Crippen LogP contribution in [0.4, 0.5) is 14.5 Å². The fourth-order valence-corrected chi connectivity index (χ4v) is 1.11. The lowest BCUT2D eigenvalue weighted by Crippen LogP contribution is -2.36. The van der Waals surface area contributed by atoms with Gasteiger partial charge in [0, 0.05) is 14.1 Å². The zero-order valence-electron chi connectivity index (χ0n) is 9.03. The highest BCUT2D eigenvalue weighted by atomic mass is 19.1. The van der Waals surface area contributed by atoms with Crippen molar-refractivity contribution in [3.8, 4) is 0 Å². The van der Waals surface area contributed by atoms with Crippen molar-refractivity contribution >= 4 is 11.6 Å². The van der Waals surface area contributed by atoms with E-state index < -0.39 is 33.7 Å². The molecule has 92 valence electrons. The molecule has 6 nitrogen and oxygen atoms in total. The quantitative estimate of drug-likeness (QED) is 0.638. The van der Waals surface area contributed by atoms with Gasteiger partial charge in [-0.3, -0.25) is 20.3 Å². The smallest absolute Gasteiger partial charge is 0.285 e. The highest BCUT2D eigenvalue weighted by Gasteiger charge is 2.22. The molecule has 1 aromatic carbocycles. The summed E-state index contributed by atoms with van der Waals surface area (Å²) in [6, 6.07) is 0.867. The van der Waals surface area contributed by atoms with Gasteiger partial charge in [0.25, 0.3) is 5.91 Å². The first-order valence-electron chi connectivity index (χ1n) is 4.44. The number of halogens is 2. The summed E-state index contributed by atoms with van der Waals surface area (Å²) < 4.78 is 26.5. The number of rotatable bonds is 3. The number of nitrogens with zero attached hydrogens (tertiary/aromatic N) is 2. The van der Waals surface area contributed by atoms with E-state index in [1.165, 1.54) is 19.1 Å². The van der Waals surface area contributed by atoms with Crippen molar-refractivity contribution in [1.82, 2.24) is 10.4 Å². The molecule has 17 heavy (non-hydrogen) atoms. The highest BCUT2D eigenvalue weighted by Crippen LogP contribution is 2.21. The van der Waals surface area contributed by atoms with Crippen LogP contribution in [0, 0.1) is 21.7 Å². The van der Waals surface area contributed by atoms with Gasteiger partial charge >= 0.3 is 5.69 Å².